The minimum absolute atomic E-state index is 0.299. The minimum Gasteiger partial charge on any atom is -0.319 e. The van der Waals surface area contributed by atoms with Crippen LogP contribution in [0.3, 0.4) is 0 Å². The molecule has 1 aromatic rings. The topological polar surface area (TPSA) is 26.0 Å². The number of alkyl halides is 2. The Morgan fingerprint density at radius 3 is 2.46 bits per heavy atom. The summed E-state index contributed by atoms with van der Waals surface area (Å²) in [7, 11) is 0. The van der Waals surface area contributed by atoms with Crippen LogP contribution in [0.15, 0.2) is 18.2 Å². The first-order valence-electron chi connectivity index (χ1n) is 3.82. The van der Waals surface area contributed by atoms with Gasteiger partial charge in [0, 0.05) is 5.02 Å². The first kappa shape index (κ1) is 10.4. The molecule has 0 heterocycles. The standard InChI is InChI=1S/C9H10ClF2N/c1-5-3-2-4-6(10)7(5)8(13)9(11)12/h2-4,8-9H,13H2,1H3. The van der Waals surface area contributed by atoms with E-state index in [2.05, 4.69) is 0 Å². The van der Waals surface area contributed by atoms with Crippen LogP contribution in [0.4, 0.5) is 8.78 Å². The zero-order chi connectivity index (χ0) is 10.0. The average Bonchev–Trinajstić information content (AvgIpc) is 2.03. The normalized spacial score (nSPS) is 13.4. The number of hydrogen-bond acceptors (Lipinski definition) is 1. The molecule has 0 saturated carbocycles. The van der Waals surface area contributed by atoms with E-state index >= 15 is 0 Å². The van der Waals surface area contributed by atoms with E-state index in [0.29, 0.717) is 16.1 Å². The zero-order valence-corrected chi connectivity index (χ0v) is 7.85. The van der Waals surface area contributed by atoms with E-state index in [-0.39, 0.29) is 0 Å². The molecule has 13 heavy (non-hydrogen) atoms. The van der Waals surface area contributed by atoms with Crippen molar-refractivity contribution in [3.63, 3.8) is 0 Å². The van der Waals surface area contributed by atoms with E-state index < -0.39 is 12.5 Å². The first-order chi connectivity index (χ1) is 6.04. The molecule has 2 N–H and O–H groups in total. The molecule has 0 aromatic heterocycles. The van der Waals surface area contributed by atoms with Crippen molar-refractivity contribution in [2.45, 2.75) is 19.4 Å². The summed E-state index contributed by atoms with van der Waals surface area (Å²) in [5, 5.41) is 0.299. The number of rotatable bonds is 2. The minimum atomic E-state index is -2.58. The predicted molar refractivity (Wildman–Crippen MR) is 49.1 cm³/mol. The van der Waals surface area contributed by atoms with Gasteiger partial charge >= 0.3 is 0 Å². The summed E-state index contributed by atoms with van der Waals surface area (Å²) in [6, 6.07) is 3.68. The molecule has 0 spiro atoms. The van der Waals surface area contributed by atoms with Gasteiger partial charge in [0.15, 0.2) is 0 Å². The molecule has 0 aliphatic carbocycles. The highest BCUT2D eigenvalue weighted by molar-refractivity contribution is 6.31. The molecule has 1 atom stereocenters. The van der Waals surface area contributed by atoms with Crippen LogP contribution in [0, 0.1) is 6.92 Å². The van der Waals surface area contributed by atoms with Crippen LogP contribution >= 0.6 is 11.6 Å². The molecule has 4 heteroatoms. The highest BCUT2D eigenvalue weighted by Crippen LogP contribution is 2.28. The van der Waals surface area contributed by atoms with Crippen molar-refractivity contribution in [1.82, 2.24) is 0 Å². The van der Waals surface area contributed by atoms with Crippen molar-refractivity contribution in [3.8, 4) is 0 Å². The molecule has 0 radical (unpaired) electrons. The van der Waals surface area contributed by atoms with Crippen molar-refractivity contribution < 1.29 is 8.78 Å². The average molecular weight is 206 g/mol. The van der Waals surface area contributed by atoms with Crippen LogP contribution in [-0.4, -0.2) is 6.43 Å². The summed E-state index contributed by atoms with van der Waals surface area (Å²) in [6.07, 6.45) is -2.58. The summed E-state index contributed by atoms with van der Waals surface area (Å²) in [5.74, 6) is 0. The fourth-order valence-corrected chi connectivity index (χ4v) is 1.54. The van der Waals surface area contributed by atoms with Gasteiger partial charge in [-0.2, -0.15) is 0 Å². The largest absolute Gasteiger partial charge is 0.319 e. The van der Waals surface area contributed by atoms with Crippen molar-refractivity contribution in [3.05, 3.63) is 34.3 Å². The molecule has 0 saturated heterocycles. The van der Waals surface area contributed by atoms with E-state index in [4.69, 9.17) is 17.3 Å². The zero-order valence-electron chi connectivity index (χ0n) is 7.10. The van der Waals surface area contributed by atoms with E-state index in [1.807, 2.05) is 0 Å². The van der Waals surface area contributed by atoms with Crippen molar-refractivity contribution in [2.24, 2.45) is 5.73 Å². The van der Waals surface area contributed by atoms with Gasteiger partial charge in [0.25, 0.3) is 6.43 Å². The number of aryl methyl sites for hydroxylation is 1. The van der Waals surface area contributed by atoms with Gasteiger partial charge < -0.3 is 5.73 Å². The van der Waals surface area contributed by atoms with E-state index in [0.717, 1.165) is 0 Å². The lowest BCUT2D eigenvalue weighted by molar-refractivity contribution is 0.116. The molecule has 1 nitrogen and oxygen atoms in total. The second-order valence-corrected chi connectivity index (χ2v) is 3.24. The summed E-state index contributed by atoms with van der Waals surface area (Å²) in [6.45, 7) is 1.71. The summed E-state index contributed by atoms with van der Waals surface area (Å²) < 4.78 is 24.6. The number of benzene rings is 1. The van der Waals surface area contributed by atoms with Crippen molar-refractivity contribution >= 4 is 11.6 Å². The Bertz CT molecular complexity index is 281. The van der Waals surface area contributed by atoms with Gasteiger partial charge in [0.2, 0.25) is 0 Å². The van der Waals surface area contributed by atoms with Crippen molar-refractivity contribution in [1.29, 1.82) is 0 Å². The second-order valence-electron chi connectivity index (χ2n) is 2.83. The maximum Gasteiger partial charge on any atom is 0.257 e. The van der Waals surface area contributed by atoms with E-state index in [1.54, 1.807) is 25.1 Å². The third-order valence-electron chi connectivity index (χ3n) is 1.88. The van der Waals surface area contributed by atoms with Gasteiger partial charge in [-0.25, -0.2) is 8.78 Å². The Kier molecular flexibility index (Phi) is 3.22. The Hall–Kier alpha value is -0.670. The number of nitrogens with two attached hydrogens (primary N) is 1. The maximum atomic E-state index is 12.3. The fourth-order valence-electron chi connectivity index (χ4n) is 1.19. The second kappa shape index (κ2) is 4.03. The first-order valence-corrected chi connectivity index (χ1v) is 4.20. The van der Waals surface area contributed by atoms with Crippen LogP contribution < -0.4 is 5.73 Å². The molecule has 0 aliphatic rings. The number of hydrogen-bond donors (Lipinski definition) is 1. The molecule has 1 rings (SSSR count). The van der Waals surface area contributed by atoms with Gasteiger partial charge in [0.05, 0.1) is 6.04 Å². The Balaban J connectivity index is 3.12. The third-order valence-corrected chi connectivity index (χ3v) is 2.21. The van der Waals surface area contributed by atoms with Gasteiger partial charge in [0.1, 0.15) is 0 Å². The quantitative estimate of drug-likeness (QED) is 0.790. The summed E-state index contributed by atoms with van der Waals surface area (Å²) in [5.41, 5.74) is 6.33. The summed E-state index contributed by atoms with van der Waals surface area (Å²) >= 11 is 5.76. The fraction of sp³-hybridized carbons (Fsp3) is 0.333. The van der Waals surface area contributed by atoms with E-state index in [9.17, 15) is 8.78 Å². The maximum absolute atomic E-state index is 12.3. The Morgan fingerprint density at radius 1 is 1.38 bits per heavy atom. The number of halogens is 3. The molecule has 1 aromatic carbocycles. The lowest BCUT2D eigenvalue weighted by Gasteiger charge is -2.14. The SMILES string of the molecule is Cc1cccc(Cl)c1C(N)C(F)F. The van der Waals surface area contributed by atoms with Crippen LogP contribution in [0.25, 0.3) is 0 Å². The lowest BCUT2D eigenvalue weighted by Crippen LogP contribution is -2.20. The van der Waals surface area contributed by atoms with Crippen LogP contribution in [0.5, 0.6) is 0 Å². The summed E-state index contributed by atoms with van der Waals surface area (Å²) in [4.78, 5) is 0. The Labute approximate surface area is 80.5 Å². The third kappa shape index (κ3) is 2.17. The van der Waals surface area contributed by atoms with Crippen molar-refractivity contribution in [2.75, 3.05) is 0 Å². The van der Waals surface area contributed by atoms with Gasteiger partial charge in [-0.1, -0.05) is 23.7 Å². The molecular weight excluding hydrogens is 196 g/mol. The molecule has 0 amide bonds. The highest BCUT2D eigenvalue weighted by atomic mass is 35.5. The van der Waals surface area contributed by atoms with Crippen LogP contribution in [0.1, 0.15) is 17.2 Å². The highest BCUT2D eigenvalue weighted by Gasteiger charge is 2.21. The van der Waals surface area contributed by atoms with Gasteiger partial charge in [-0.15, -0.1) is 0 Å². The molecule has 1 unspecified atom stereocenters. The molecular formula is C9H10ClF2N. The predicted octanol–water partition coefficient (Wildman–Crippen LogP) is 2.91. The van der Waals surface area contributed by atoms with Gasteiger partial charge in [-0.05, 0) is 24.1 Å². The monoisotopic (exact) mass is 205 g/mol. The Morgan fingerprint density at radius 2 is 2.00 bits per heavy atom. The smallest absolute Gasteiger partial charge is 0.257 e. The lowest BCUT2D eigenvalue weighted by atomic mass is 10.0. The van der Waals surface area contributed by atoms with Crippen LogP contribution in [0.2, 0.25) is 5.02 Å². The molecule has 0 aliphatic heterocycles. The van der Waals surface area contributed by atoms with Crippen LogP contribution in [-0.2, 0) is 0 Å². The molecule has 0 fully saturated rings. The van der Waals surface area contributed by atoms with E-state index in [1.165, 1.54) is 0 Å². The molecule has 0 bridgehead atoms. The van der Waals surface area contributed by atoms with Gasteiger partial charge in [-0.3, -0.25) is 0 Å². The molecule has 72 valence electrons.